The van der Waals surface area contributed by atoms with Crippen LogP contribution in [-0.4, -0.2) is 93.2 Å². The van der Waals surface area contributed by atoms with Gasteiger partial charge in [0, 0.05) is 39.6 Å². The predicted molar refractivity (Wildman–Crippen MR) is 144 cm³/mol. The molecule has 55 heavy (non-hydrogen) atoms. The molecule has 0 aliphatic carbocycles. The molecule has 0 heterocycles. The van der Waals surface area contributed by atoms with E-state index in [9.17, 15) is 92.2 Å². The van der Waals surface area contributed by atoms with Gasteiger partial charge < -0.3 is 14.2 Å². The summed E-state index contributed by atoms with van der Waals surface area (Å²) in [6, 6.07) is 0. The summed E-state index contributed by atoms with van der Waals surface area (Å²) in [5.74, 6) is -70.9. The van der Waals surface area contributed by atoms with Gasteiger partial charge in [-0.05, 0) is 19.3 Å². The molecular formula is C29H37F23O3. The molecule has 3 atom stereocenters. The number of alkyl halides is 23. The first kappa shape index (κ1) is 53.3. The Morgan fingerprint density at radius 2 is 0.873 bits per heavy atom. The lowest BCUT2D eigenvalue weighted by Crippen LogP contribution is -2.70. The zero-order chi connectivity index (χ0) is 44.1. The third-order valence-corrected chi connectivity index (χ3v) is 8.79. The van der Waals surface area contributed by atoms with Crippen molar-refractivity contribution in [3.8, 4) is 0 Å². The fraction of sp³-hybridized carbons (Fsp3) is 1.00. The Balaban J connectivity index is 7.44. The van der Waals surface area contributed by atoms with Crippen molar-refractivity contribution in [2.75, 3.05) is 21.3 Å². The zero-order valence-corrected chi connectivity index (χ0v) is 28.9. The van der Waals surface area contributed by atoms with Crippen molar-refractivity contribution >= 4 is 0 Å². The molecular weight excluding hydrogens is 833 g/mol. The molecule has 0 spiro atoms. The predicted octanol–water partition coefficient (Wildman–Crippen LogP) is 12.7. The van der Waals surface area contributed by atoms with Gasteiger partial charge in [0.25, 0.3) is 5.97 Å². The summed E-state index contributed by atoms with van der Waals surface area (Å²) in [5, 5.41) is 0. The van der Waals surface area contributed by atoms with E-state index in [1.165, 1.54) is 0 Å². The van der Waals surface area contributed by atoms with Crippen LogP contribution in [0.3, 0.4) is 0 Å². The second-order valence-corrected chi connectivity index (χ2v) is 12.5. The van der Waals surface area contributed by atoms with Crippen molar-refractivity contribution < 1.29 is 115 Å². The van der Waals surface area contributed by atoms with Crippen molar-refractivity contribution in [2.24, 2.45) is 11.8 Å². The molecule has 0 bridgehead atoms. The molecule has 0 rings (SSSR count). The highest BCUT2D eigenvalue weighted by atomic mass is 19.4. The second-order valence-electron chi connectivity index (χ2n) is 12.5. The van der Waals surface area contributed by atoms with E-state index < -0.39 is 116 Å². The van der Waals surface area contributed by atoms with Crippen LogP contribution in [0.5, 0.6) is 0 Å². The molecule has 0 aromatic heterocycles. The maximum absolute atomic E-state index is 15.6. The van der Waals surface area contributed by atoms with Gasteiger partial charge in [0.05, 0.1) is 6.42 Å². The van der Waals surface area contributed by atoms with Crippen LogP contribution in [0.25, 0.3) is 0 Å². The average Bonchev–Trinajstić information content (AvgIpc) is 3.03. The first-order valence-corrected chi connectivity index (χ1v) is 15.8. The van der Waals surface area contributed by atoms with Gasteiger partial charge >= 0.3 is 59.7 Å². The fourth-order valence-corrected chi connectivity index (χ4v) is 5.47. The summed E-state index contributed by atoms with van der Waals surface area (Å²) in [4.78, 5) is 0. The summed E-state index contributed by atoms with van der Waals surface area (Å²) < 4.78 is 334. The summed E-state index contributed by atoms with van der Waals surface area (Å²) in [5.41, 5.74) is 0. The van der Waals surface area contributed by atoms with Crippen molar-refractivity contribution in [3.05, 3.63) is 0 Å². The van der Waals surface area contributed by atoms with Gasteiger partial charge in [0.15, 0.2) is 6.17 Å². The Bertz CT molecular complexity index is 1160. The smallest absolute Gasteiger partial charge is 0.331 e. The SMILES string of the molecule is CCCCCCCCC(CC(CCC(F)(F)C(F)(F)C(F)(F)C(F)(F)C(F)(F)C(F)(F)F)C(F)(F)C(F)(F)C(F)(F)C(F)CC(F)(F)F)C(OC)(OC)OC. The van der Waals surface area contributed by atoms with Crippen molar-refractivity contribution in [2.45, 2.75) is 149 Å². The molecule has 3 unspecified atom stereocenters. The van der Waals surface area contributed by atoms with Gasteiger partial charge in [-0.1, -0.05) is 45.4 Å². The number of hydrogen-bond acceptors (Lipinski definition) is 3. The van der Waals surface area contributed by atoms with E-state index in [4.69, 9.17) is 14.2 Å². The molecule has 0 amide bonds. The van der Waals surface area contributed by atoms with Crippen LogP contribution in [0, 0.1) is 11.8 Å². The Kier molecular flexibility index (Phi) is 17.5. The second kappa shape index (κ2) is 18.0. The molecule has 0 aromatic carbocycles. The molecule has 332 valence electrons. The lowest BCUT2D eigenvalue weighted by Gasteiger charge is -2.43. The maximum atomic E-state index is 15.6. The van der Waals surface area contributed by atoms with E-state index in [-0.39, 0.29) is 12.8 Å². The Morgan fingerprint density at radius 3 is 1.27 bits per heavy atom. The third kappa shape index (κ3) is 10.7. The van der Waals surface area contributed by atoms with Gasteiger partial charge in [0.2, 0.25) is 0 Å². The molecule has 0 radical (unpaired) electrons. The van der Waals surface area contributed by atoms with Crippen LogP contribution < -0.4 is 0 Å². The van der Waals surface area contributed by atoms with Crippen LogP contribution in [0.1, 0.15) is 77.6 Å². The Hall–Kier alpha value is -1.73. The standard InChI is InChI=1S/C29H37F23O3/c1-5-6-7-8-9-10-11-17(23(53-2,54-3)55-4)14-16(21(36,37)25(42,43)22(38,39)18(30)15-20(33,34)35)12-13-19(31,32)24(40,41)26(44,45)27(46,47)28(48,49)29(50,51)52/h16-18H,5-15H2,1-4H3. The Morgan fingerprint density at radius 1 is 0.455 bits per heavy atom. The van der Waals surface area contributed by atoms with Crippen LogP contribution in [0.4, 0.5) is 101 Å². The van der Waals surface area contributed by atoms with Gasteiger partial charge in [-0.25, -0.2) is 4.39 Å². The topological polar surface area (TPSA) is 27.7 Å². The molecule has 0 fully saturated rings. The van der Waals surface area contributed by atoms with Crippen LogP contribution in [0.15, 0.2) is 0 Å². The van der Waals surface area contributed by atoms with Gasteiger partial charge in [-0.2, -0.15) is 96.6 Å². The normalized spacial score (nSPS) is 17.1. The highest BCUT2D eigenvalue weighted by Crippen LogP contribution is 2.62. The molecule has 0 saturated heterocycles. The number of methoxy groups -OCH3 is 3. The highest BCUT2D eigenvalue weighted by molar-refractivity contribution is 5.11. The summed E-state index contributed by atoms with van der Waals surface area (Å²) in [7, 11) is 1.95. The molecule has 3 nitrogen and oxygen atoms in total. The number of rotatable bonds is 25. The maximum Gasteiger partial charge on any atom is 0.460 e. The Labute approximate surface area is 298 Å². The van der Waals surface area contributed by atoms with Crippen molar-refractivity contribution in [3.63, 3.8) is 0 Å². The van der Waals surface area contributed by atoms with Crippen LogP contribution in [-0.2, 0) is 14.2 Å². The molecule has 0 saturated carbocycles. The minimum atomic E-state index is -8.45. The summed E-state index contributed by atoms with van der Waals surface area (Å²) >= 11 is 0. The summed E-state index contributed by atoms with van der Waals surface area (Å²) in [6.07, 6.45) is -29.9. The fourth-order valence-electron chi connectivity index (χ4n) is 5.47. The van der Waals surface area contributed by atoms with E-state index >= 15 is 8.78 Å². The first-order chi connectivity index (χ1) is 24.3. The van der Waals surface area contributed by atoms with Crippen LogP contribution >= 0.6 is 0 Å². The third-order valence-electron chi connectivity index (χ3n) is 8.79. The van der Waals surface area contributed by atoms with E-state index in [0.29, 0.717) is 47.0 Å². The lowest BCUT2D eigenvalue weighted by atomic mass is 9.77. The van der Waals surface area contributed by atoms with E-state index in [0.717, 1.165) is 0 Å². The highest BCUT2D eigenvalue weighted by Gasteiger charge is 2.90. The summed E-state index contributed by atoms with van der Waals surface area (Å²) in [6.45, 7) is 1.78. The quantitative estimate of drug-likeness (QED) is 0.0520. The van der Waals surface area contributed by atoms with Gasteiger partial charge in [0.1, 0.15) is 0 Å². The van der Waals surface area contributed by atoms with E-state index in [1.54, 1.807) is 6.92 Å². The van der Waals surface area contributed by atoms with E-state index in [2.05, 4.69) is 0 Å². The molecule has 26 heteroatoms. The number of ether oxygens (including phenoxy) is 3. The molecule has 0 aliphatic rings. The van der Waals surface area contributed by atoms with Crippen molar-refractivity contribution in [1.29, 1.82) is 0 Å². The largest absolute Gasteiger partial charge is 0.460 e. The molecule has 0 N–H and O–H groups in total. The number of hydrogen-bond donors (Lipinski definition) is 0. The van der Waals surface area contributed by atoms with Crippen molar-refractivity contribution in [1.82, 2.24) is 0 Å². The van der Waals surface area contributed by atoms with Gasteiger partial charge in [-0.3, -0.25) is 0 Å². The number of halogens is 23. The van der Waals surface area contributed by atoms with E-state index in [1.807, 2.05) is 0 Å². The minimum Gasteiger partial charge on any atom is -0.331 e. The number of unbranched alkanes of at least 4 members (excludes halogenated alkanes) is 5. The zero-order valence-electron chi connectivity index (χ0n) is 28.9. The minimum absolute atomic E-state index is 0.121. The lowest BCUT2D eigenvalue weighted by molar-refractivity contribution is -0.440. The molecule has 0 aliphatic heterocycles. The first-order valence-electron chi connectivity index (χ1n) is 15.8. The molecule has 0 aromatic rings. The monoisotopic (exact) mass is 870 g/mol. The van der Waals surface area contributed by atoms with Crippen LogP contribution in [0.2, 0.25) is 0 Å². The van der Waals surface area contributed by atoms with Gasteiger partial charge in [-0.15, -0.1) is 0 Å². The average molecular weight is 871 g/mol.